The van der Waals surface area contributed by atoms with Crippen LogP contribution >= 0.6 is 22.9 Å². The van der Waals surface area contributed by atoms with Crippen LogP contribution in [0.15, 0.2) is 12.1 Å². The number of carbonyl (C=O) groups excluding carboxylic acids is 1. The van der Waals surface area contributed by atoms with Crippen molar-refractivity contribution in [1.29, 1.82) is 0 Å². The van der Waals surface area contributed by atoms with Crippen molar-refractivity contribution >= 4 is 28.8 Å². The molecule has 0 spiro atoms. The molecule has 0 aliphatic carbocycles. The van der Waals surface area contributed by atoms with Crippen molar-refractivity contribution in [2.75, 3.05) is 20.1 Å². The van der Waals surface area contributed by atoms with Crippen LogP contribution in [-0.2, 0) is 11.2 Å². The molecule has 0 aliphatic rings. The van der Waals surface area contributed by atoms with Crippen molar-refractivity contribution in [3.05, 3.63) is 21.3 Å². The number of likely N-dealkylation sites (N-methyl/N-ethyl adjacent to an activating group) is 1. The van der Waals surface area contributed by atoms with Crippen molar-refractivity contribution < 1.29 is 4.79 Å². The van der Waals surface area contributed by atoms with Crippen molar-refractivity contribution in [3.63, 3.8) is 0 Å². The van der Waals surface area contributed by atoms with Crippen LogP contribution in [0, 0.1) is 0 Å². The highest BCUT2D eigenvalue weighted by Crippen LogP contribution is 2.21. The summed E-state index contributed by atoms with van der Waals surface area (Å²) < 4.78 is 0.798. The average molecular weight is 261 g/mol. The maximum Gasteiger partial charge on any atom is 0.222 e. The SMILES string of the molecule is CN(CCc1ccc(Cl)s1)C(=O)CCCN. The van der Waals surface area contributed by atoms with E-state index in [0.29, 0.717) is 13.0 Å². The Morgan fingerprint density at radius 2 is 2.31 bits per heavy atom. The highest BCUT2D eigenvalue weighted by atomic mass is 35.5. The van der Waals surface area contributed by atoms with Gasteiger partial charge in [-0.1, -0.05) is 11.6 Å². The fraction of sp³-hybridized carbons (Fsp3) is 0.545. The topological polar surface area (TPSA) is 46.3 Å². The third kappa shape index (κ3) is 4.51. The largest absolute Gasteiger partial charge is 0.345 e. The molecule has 0 fully saturated rings. The summed E-state index contributed by atoms with van der Waals surface area (Å²) in [4.78, 5) is 14.5. The van der Waals surface area contributed by atoms with Gasteiger partial charge in [-0.2, -0.15) is 0 Å². The van der Waals surface area contributed by atoms with Gasteiger partial charge in [0.1, 0.15) is 0 Å². The van der Waals surface area contributed by atoms with Crippen molar-refractivity contribution in [2.45, 2.75) is 19.3 Å². The lowest BCUT2D eigenvalue weighted by molar-refractivity contribution is -0.129. The summed E-state index contributed by atoms with van der Waals surface area (Å²) >= 11 is 7.40. The van der Waals surface area contributed by atoms with E-state index in [1.807, 2.05) is 19.2 Å². The standard InChI is InChI=1S/C11H17ClN2OS/c1-14(11(15)3-2-7-13)8-6-9-4-5-10(12)16-9/h4-5H,2-3,6-8,13H2,1H3. The first kappa shape index (κ1) is 13.5. The number of nitrogens with two attached hydrogens (primary N) is 1. The molecule has 0 atom stereocenters. The molecule has 0 aromatic carbocycles. The highest BCUT2D eigenvalue weighted by molar-refractivity contribution is 7.16. The molecule has 0 radical (unpaired) electrons. The van der Waals surface area contributed by atoms with E-state index in [0.717, 1.165) is 23.7 Å². The molecule has 0 bridgehead atoms. The Kier molecular flexibility index (Phi) is 5.80. The van der Waals surface area contributed by atoms with Crippen LogP contribution in [0.25, 0.3) is 0 Å². The Morgan fingerprint density at radius 3 is 2.88 bits per heavy atom. The van der Waals surface area contributed by atoms with Crippen LogP contribution in [0.1, 0.15) is 17.7 Å². The molecule has 5 heteroatoms. The molecule has 1 aromatic heterocycles. The summed E-state index contributed by atoms with van der Waals surface area (Å²) in [7, 11) is 1.83. The molecule has 0 unspecified atom stereocenters. The van der Waals surface area contributed by atoms with Crippen LogP contribution in [0.3, 0.4) is 0 Å². The lowest BCUT2D eigenvalue weighted by Crippen LogP contribution is -2.28. The van der Waals surface area contributed by atoms with Gasteiger partial charge in [0, 0.05) is 24.9 Å². The molecule has 0 saturated heterocycles. The van der Waals surface area contributed by atoms with E-state index >= 15 is 0 Å². The number of nitrogens with zero attached hydrogens (tertiary/aromatic N) is 1. The Labute approximate surface area is 105 Å². The lowest BCUT2D eigenvalue weighted by atomic mass is 10.2. The maximum absolute atomic E-state index is 11.6. The molecule has 1 rings (SSSR count). The second-order valence-electron chi connectivity index (χ2n) is 3.66. The minimum atomic E-state index is 0.160. The van der Waals surface area contributed by atoms with Crippen molar-refractivity contribution in [3.8, 4) is 0 Å². The molecular formula is C11H17ClN2OS. The van der Waals surface area contributed by atoms with Gasteiger partial charge < -0.3 is 10.6 Å². The van der Waals surface area contributed by atoms with E-state index in [-0.39, 0.29) is 5.91 Å². The van der Waals surface area contributed by atoms with Gasteiger partial charge in [-0.15, -0.1) is 11.3 Å². The normalized spacial score (nSPS) is 10.4. The smallest absolute Gasteiger partial charge is 0.222 e. The minimum Gasteiger partial charge on any atom is -0.345 e. The maximum atomic E-state index is 11.6. The number of carbonyl (C=O) groups is 1. The van der Waals surface area contributed by atoms with Gasteiger partial charge in [0.2, 0.25) is 5.91 Å². The summed E-state index contributed by atoms with van der Waals surface area (Å²) in [6, 6.07) is 3.89. The molecular weight excluding hydrogens is 244 g/mol. The van der Waals surface area contributed by atoms with E-state index < -0.39 is 0 Å². The van der Waals surface area contributed by atoms with Gasteiger partial charge >= 0.3 is 0 Å². The van der Waals surface area contributed by atoms with Crippen LogP contribution in [-0.4, -0.2) is 30.9 Å². The summed E-state index contributed by atoms with van der Waals surface area (Å²) in [6.07, 6.45) is 2.16. The summed E-state index contributed by atoms with van der Waals surface area (Å²) in [5.41, 5.74) is 5.36. The molecule has 1 heterocycles. The quantitative estimate of drug-likeness (QED) is 0.852. The van der Waals surface area contributed by atoms with Gasteiger partial charge in [0.05, 0.1) is 4.34 Å². The average Bonchev–Trinajstić information content (AvgIpc) is 2.68. The van der Waals surface area contributed by atoms with E-state index in [9.17, 15) is 4.79 Å². The van der Waals surface area contributed by atoms with E-state index in [1.165, 1.54) is 4.88 Å². The first-order chi connectivity index (χ1) is 7.63. The van der Waals surface area contributed by atoms with Crippen molar-refractivity contribution in [1.82, 2.24) is 4.90 Å². The first-order valence-corrected chi connectivity index (χ1v) is 6.51. The fourth-order valence-electron chi connectivity index (χ4n) is 1.33. The van der Waals surface area contributed by atoms with Crippen LogP contribution in [0.2, 0.25) is 4.34 Å². The molecule has 1 aromatic rings. The summed E-state index contributed by atoms with van der Waals surface area (Å²) in [5.74, 6) is 0.160. The number of halogens is 1. The number of hydrogen-bond acceptors (Lipinski definition) is 3. The Morgan fingerprint density at radius 1 is 1.56 bits per heavy atom. The molecule has 2 N–H and O–H groups in total. The third-order valence-electron chi connectivity index (χ3n) is 2.34. The summed E-state index contributed by atoms with van der Waals surface area (Å²) in [5, 5.41) is 0. The van der Waals surface area contributed by atoms with Crippen LogP contribution in [0.5, 0.6) is 0 Å². The summed E-state index contributed by atoms with van der Waals surface area (Å²) in [6.45, 7) is 1.31. The second-order valence-corrected chi connectivity index (χ2v) is 5.46. The zero-order valence-electron chi connectivity index (χ0n) is 9.41. The first-order valence-electron chi connectivity index (χ1n) is 5.31. The van der Waals surface area contributed by atoms with Crippen LogP contribution < -0.4 is 5.73 Å². The van der Waals surface area contributed by atoms with Gasteiger partial charge in [-0.25, -0.2) is 0 Å². The Balaban J connectivity index is 2.29. The predicted molar refractivity (Wildman–Crippen MR) is 69.0 cm³/mol. The predicted octanol–water partition coefficient (Wildman–Crippen LogP) is 2.14. The molecule has 16 heavy (non-hydrogen) atoms. The van der Waals surface area contributed by atoms with Gasteiger partial charge in [0.15, 0.2) is 0 Å². The zero-order valence-corrected chi connectivity index (χ0v) is 11.0. The lowest BCUT2D eigenvalue weighted by Gasteiger charge is -2.16. The number of amides is 1. The second kappa shape index (κ2) is 6.89. The van der Waals surface area contributed by atoms with Crippen molar-refractivity contribution in [2.24, 2.45) is 5.73 Å². The monoisotopic (exact) mass is 260 g/mol. The minimum absolute atomic E-state index is 0.160. The number of rotatable bonds is 6. The third-order valence-corrected chi connectivity index (χ3v) is 3.63. The van der Waals surface area contributed by atoms with E-state index in [4.69, 9.17) is 17.3 Å². The fourth-order valence-corrected chi connectivity index (χ4v) is 2.41. The highest BCUT2D eigenvalue weighted by Gasteiger charge is 2.08. The molecule has 1 amide bonds. The van der Waals surface area contributed by atoms with E-state index in [2.05, 4.69) is 0 Å². The Hall–Kier alpha value is -0.580. The van der Waals surface area contributed by atoms with Gasteiger partial charge in [-0.3, -0.25) is 4.79 Å². The molecule has 3 nitrogen and oxygen atoms in total. The number of hydrogen-bond donors (Lipinski definition) is 1. The Bertz CT molecular complexity index is 340. The zero-order chi connectivity index (χ0) is 12.0. The van der Waals surface area contributed by atoms with Crippen LogP contribution in [0.4, 0.5) is 0 Å². The number of thiophene rings is 1. The van der Waals surface area contributed by atoms with Gasteiger partial charge in [-0.05, 0) is 31.5 Å². The molecule has 90 valence electrons. The molecule has 0 aliphatic heterocycles. The van der Waals surface area contributed by atoms with Gasteiger partial charge in [0.25, 0.3) is 0 Å². The van der Waals surface area contributed by atoms with E-state index in [1.54, 1.807) is 16.2 Å². The molecule has 0 saturated carbocycles.